The van der Waals surface area contributed by atoms with E-state index in [2.05, 4.69) is 5.32 Å². The fraction of sp³-hybridized carbons (Fsp3) is 0.562. The Hall–Kier alpha value is -1.62. The van der Waals surface area contributed by atoms with Crippen LogP contribution in [-0.4, -0.2) is 35.7 Å². The van der Waals surface area contributed by atoms with Crippen LogP contribution in [0.2, 0.25) is 0 Å². The highest BCUT2D eigenvalue weighted by molar-refractivity contribution is 5.74. The molecule has 2 N–H and O–H groups in total. The van der Waals surface area contributed by atoms with E-state index in [0.717, 1.165) is 5.56 Å². The van der Waals surface area contributed by atoms with E-state index >= 15 is 0 Å². The minimum atomic E-state index is -0.326. The molecule has 0 radical (unpaired) electrons. The molecule has 1 rings (SSSR count). The minimum absolute atomic E-state index is 0.107. The van der Waals surface area contributed by atoms with Crippen molar-refractivity contribution in [2.75, 3.05) is 13.7 Å². The molecule has 0 aliphatic heterocycles. The molecule has 1 aromatic carbocycles. The van der Waals surface area contributed by atoms with Crippen molar-refractivity contribution in [2.45, 2.75) is 39.8 Å². The van der Waals surface area contributed by atoms with Crippen molar-refractivity contribution < 1.29 is 14.3 Å². The van der Waals surface area contributed by atoms with E-state index in [1.54, 1.807) is 26.1 Å². The summed E-state index contributed by atoms with van der Waals surface area (Å²) in [6.45, 7) is 7.60. The van der Waals surface area contributed by atoms with Crippen molar-refractivity contribution in [2.24, 2.45) is 5.41 Å². The van der Waals surface area contributed by atoms with Crippen LogP contribution in [0.1, 0.15) is 39.3 Å². The van der Waals surface area contributed by atoms with Gasteiger partial charge in [-0.2, -0.15) is 0 Å². The Bertz CT molecular complexity index is 485. The number of aliphatic hydroxyl groups excluding tert-OH is 1. The quantitative estimate of drug-likeness (QED) is 0.897. The van der Waals surface area contributed by atoms with Gasteiger partial charge in [-0.1, -0.05) is 32.9 Å². The summed E-state index contributed by atoms with van der Waals surface area (Å²) in [5.74, 6) is -0.326. The fourth-order valence-electron chi connectivity index (χ4n) is 2.03. The molecule has 4 nitrogen and oxygen atoms in total. The SMILES string of the molecule is CC(CO)N(C)C(=O)NC(c1cccc(F)c1)C(C)(C)C. The predicted octanol–water partition coefficient (Wildman–Crippen LogP) is 2.94. The second kappa shape index (κ2) is 6.89. The third kappa shape index (κ3) is 4.70. The van der Waals surface area contributed by atoms with E-state index in [4.69, 9.17) is 5.11 Å². The second-order valence-electron chi connectivity index (χ2n) is 6.45. The third-order valence-electron chi connectivity index (χ3n) is 3.56. The lowest BCUT2D eigenvalue weighted by molar-refractivity contribution is 0.147. The van der Waals surface area contributed by atoms with E-state index in [9.17, 15) is 9.18 Å². The first kappa shape index (κ1) is 17.4. The molecular weight excluding hydrogens is 271 g/mol. The van der Waals surface area contributed by atoms with E-state index in [0.29, 0.717) is 0 Å². The number of hydrogen-bond donors (Lipinski definition) is 2. The molecule has 2 amide bonds. The molecule has 0 saturated heterocycles. The summed E-state index contributed by atoms with van der Waals surface area (Å²) in [4.78, 5) is 13.7. The molecule has 0 heterocycles. The van der Waals surface area contributed by atoms with Gasteiger partial charge in [-0.25, -0.2) is 9.18 Å². The van der Waals surface area contributed by atoms with Gasteiger partial charge in [-0.15, -0.1) is 0 Å². The first-order valence-corrected chi connectivity index (χ1v) is 7.06. The number of urea groups is 1. The van der Waals surface area contributed by atoms with Gasteiger partial charge in [0.2, 0.25) is 0 Å². The van der Waals surface area contributed by atoms with E-state index in [1.165, 1.54) is 17.0 Å². The number of carbonyl (C=O) groups excluding carboxylic acids is 1. The van der Waals surface area contributed by atoms with E-state index in [-0.39, 0.29) is 36.0 Å². The molecule has 0 fully saturated rings. The predicted molar refractivity (Wildman–Crippen MR) is 81.4 cm³/mol. The number of hydrogen-bond acceptors (Lipinski definition) is 2. The van der Waals surface area contributed by atoms with Crippen LogP contribution in [0.25, 0.3) is 0 Å². The molecule has 0 saturated carbocycles. The molecule has 21 heavy (non-hydrogen) atoms. The minimum Gasteiger partial charge on any atom is -0.394 e. The van der Waals surface area contributed by atoms with Crippen molar-refractivity contribution in [3.05, 3.63) is 35.6 Å². The first-order valence-electron chi connectivity index (χ1n) is 7.06. The highest BCUT2D eigenvalue weighted by atomic mass is 19.1. The van der Waals surface area contributed by atoms with E-state index < -0.39 is 0 Å². The standard InChI is InChI=1S/C16H25FN2O2/c1-11(10-20)19(5)15(21)18-14(16(2,3)4)12-7-6-8-13(17)9-12/h6-9,11,14,20H,10H2,1-5H3,(H,18,21). The van der Waals surface area contributed by atoms with E-state index in [1.807, 2.05) is 20.8 Å². The average molecular weight is 296 g/mol. The monoisotopic (exact) mass is 296 g/mol. The maximum Gasteiger partial charge on any atom is 0.317 e. The lowest BCUT2D eigenvalue weighted by atomic mass is 9.82. The molecule has 2 unspecified atom stereocenters. The molecule has 5 heteroatoms. The van der Waals surface area contributed by atoms with Crippen molar-refractivity contribution in [3.8, 4) is 0 Å². The van der Waals surface area contributed by atoms with Gasteiger partial charge in [0.05, 0.1) is 18.7 Å². The Morgan fingerprint density at radius 2 is 2.05 bits per heavy atom. The number of nitrogens with one attached hydrogen (secondary N) is 1. The van der Waals surface area contributed by atoms with Gasteiger partial charge in [-0.3, -0.25) is 0 Å². The lowest BCUT2D eigenvalue weighted by Gasteiger charge is -2.34. The molecule has 118 valence electrons. The van der Waals surface area contributed by atoms with Gasteiger partial charge in [0.25, 0.3) is 0 Å². The molecule has 2 atom stereocenters. The summed E-state index contributed by atoms with van der Waals surface area (Å²) in [5, 5.41) is 12.1. The summed E-state index contributed by atoms with van der Waals surface area (Å²) >= 11 is 0. The molecule has 0 aliphatic carbocycles. The molecule has 0 aromatic heterocycles. The molecule has 0 bridgehead atoms. The van der Waals surface area contributed by atoms with Gasteiger partial charge < -0.3 is 15.3 Å². The van der Waals surface area contributed by atoms with Crippen LogP contribution in [0, 0.1) is 11.2 Å². The summed E-state index contributed by atoms with van der Waals surface area (Å²) in [7, 11) is 1.63. The highest BCUT2D eigenvalue weighted by Crippen LogP contribution is 2.33. The third-order valence-corrected chi connectivity index (χ3v) is 3.56. The van der Waals surface area contributed by atoms with Crippen molar-refractivity contribution in [1.82, 2.24) is 10.2 Å². The summed E-state index contributed by atoms with van der Waals surface area (Å²) < 4.78 is 13.4. The van der Waals surface area contributed by atoms with Crippen molar-refractivity contribution in [1.29, 1.82) is 0 Å². The number of nitrogens with zero attached hydrogens (tertiary/aromatic N) is 1. The van der Waals surface area contributed by atoms with Gasteiger partial charge in [0.15, 0.2) is 0 Å². The Kier molecular flexibility index (Phi) is 5.72. The number of amides is 2. The van der Waals surface area contributed by atoms with Crippen LogP contribution < -0.4 is 5.32 Å². The maximum atomic E-state index is 13.4. The van der Waals surface area contributed by atoms with Gasteiger partial charge in [0.1, 0.15) is 5.82 Å². The zero-order valence-electron chi connectivity index (χ0n) is 13.4. The van der Waals surface area contributed by atoms with Gasteiger partial charge in [-0.05, 0) is 30.0 Å². The Morgan fingerprint density at radius 1 is 1.43 bits per heavy atom. The maximum absolute atomic E-state index is 13.4. The number of likely N-dealkylation sites (N-methyl/N-ethyl adjacent to an activating group) is 1. The van der Waals surface area contributed by atoms with Crippen molar-refractivity contribution in [3.63, 3.8) is 0 Å². The number of carbonyl (C=O) groups is 1. The highest BCUT2D eigenvalue weighted by Gasteiger charge is 2.29. The topological polar surface area (TPSA) is 52.6 Å². The zero-order valence-corrected chi connectivity index (χ0v) is 13.4. The molecule has 0 aliphatic rings. The van der Waals surface area contributed by atoms with Crippen LogP contribution in [0.15, 0.2) is 24.3 Å². The van der Waals surface area contributed by atoms with Gasteiger partial charge >= 0.3 is 6.03 Å². The Morgan fingerprint density at radius 3 is 2.52 bits per heavy atom. The summed E-state index contributed by atoms with van der Waals surface area (Å²) in [5.41, 5.74) is 0.452. The Labute approximate surface area is 126 Å². The number of halogens is 1. The second-order valence-corrected chi connectivity index (χ2v) is 6.45. The van der Waals surface area contributed by atoms with Crippen LogP contribution in [0.4, 0.5) is 9.18 Å². The summed E-state index contributed by atoms with van der Waals surface area (Å²) in [6, 6.07) is 5.36. The fourth-order valence-corrected chi connectivity index (χ4v) is 2.03. The van der Waals surface area contributed by atoms with Crippen LogP contribution in [0.3, 0.4) is 0 Å². The number of benzene rings is 1. The number of aliphatic hydroxyl groups is 1. The van der Waals surface area contributed by atoms with Crippen molar-refractivity contribution >= 4 is 6.03 Å². The molecular formula is C16H25FN2O2. The normalized spacial score (nSPS) is 14.4. The van der Waals surface area contributed by atoms with Crippen LogP contribution in [-0.2, 0) is 0 Å². The zero-order chi connectivity index (χ0) is 16.2. The first-order chi connectivity index (χ1) is 9.66. The molecule has 0 spiro atoms. The van der Waals surface area contributed by atoms with Crippen LogP contribution >= 0.6 is 0 Å². The lowest BCUT2D eigenvalue weighted by Crippen LogP contribution is -2.47. The van der Waals surface area contributed by atoms with Gasteiger partial charge in [0, 0.05) is 7.05 Å². The average Bonchev–Trinajstić information content (AvgIpc) is 2.41. The van der Waals surface area contributed by atoms with Crippen LogP contribution in [0.5, 0.6) is 0 Å². The smallest absolute Gasteiger partial charge is 0.317 e. The largest absolute Gasteiger partial charge is 0.394 e. The number of rotatable bonds is 4. The Balaban J connectivity index is 2.98. The molecule has 1 aromatic rings. The summed E-state index contributed by atoms with van der Waals surface area (Å²) in [6.07, 6.45) is 0.